The van der Waals surface area contributed by atoms with Crippen LogP contribution in [0.5, 0.6) is 0 Å². The zero-order valence-electron chi connectivity index (χ0n) is 22.4. The highest BCUT2D eigenvalue weighted by Crippen LogP contribution is 2.48. The summed E-state index contributed by atoms with van der Waals surface area (Å²) in [5.41, 5.74) is 6.09. The molecule has 1 aliphatic heterocycles. The van der Waals surface area contributed by atoms with Crippen molar-refractivity contribution in [3.05, 3.63) is 77.0 Å². The average molecular weight is 591 g/mol. The van der Waals surface area contributed by atoms with Gasteiger partial charge in [-0.05, 0) is 84.9 Å². The van der Waals surface area contributed by atoms with E-state index in [4.69, 9.17) is 5.73 Å². The lowest BCUT2D eigenvalue weighted by Gasteiger charge is -2.39. The number of nitrogens with zero attached hydrogens (tertiary/aromatic N) is 2. The van der Waals surface area contributed by atoms with Crippen LogP contribution in [0.4, 0.5) is 18.9 Å². The van der Waals surface area contributed by atoms with Gasteiger partial charge in [-0.2, -0.15) is 10.6 Å². The van der Waals surface area contributed by atoms with Crippen LogP contribution in [-0.4, -0.2) is 53.7 Å². The molecular weight excluding hydrogens is 557 g/mol. The highest BCUT2D eigenvalue weighted by molar-refractivity contribution is 8.24. The maximum Gasteiger partial charge on any atom is 0.274 e. The van der Waals surface area contributed by atoms with Gasteiger partial charge in [-0.3, -0.25) is 18.9 Å². The molecule has 1 aliphatic carbocycles. The number of aliphatic hydroxyl groups is 1. The van der Waals surface area contributed by atoms with Gasteiger partial charge >= 0.3 is 0 Å². The van der Waals surface area contributed by atoms with Crippen molar-refractivity contribution in [1.82, 2.24) is 9.97 Å². The quantitative estimate of drug-likeness (QED) is 0.259. The second-order valence-corrected chi connectivity index (χ2v) is 13.5. The summed E-state index contributed by atoms with van der Waals surface area (Å²) in [5.74, 6) is -3.81. The van der Waals surface area contributed by atoms with Gasteiger partial charge in [0.15, 0.2) is 0 Å². The Morgan fingerprint density at radius 3 is 2.37 bits per heavy atom. The van der Waals surface area contributed by atoms with Crippen molar-refractivity contribution in [3.63, 3.8) is 0 Å². The summed E-state index contributed by atoms with van der Waals surface area (Å²) in [7, 11) is -2.66. The minimum atomic E-state index is -2.66. The van der Waals surface area contributed by atoms with Crippen molar-refractivity contribution in [2.24, 2.45) is 11.7 Å². The SMILES string of the molecule is C[C@H]1C[C@@H](c2ccncc2NC(=O)c2ccc(F)c(-c3c(F)cc(C4CCS(O)(O)CC4)cc3F)n2)C[C@@H](N)[C@H]1O. The molecule has 1 amide bonds. The molecular formula is C29H33F3N4O4S. The number of benzene rings is 1. The predicted molar refractivity (Wildman–Crippen MR) is 151 cm³/mol. The number of anilines is 1. The Labute approximate surface area is 237 Å². The van der Waals surface area contributed by atoms with Gasteiger partial charge in [-0.1, -0.05) is 6.92 Å². The fourth-order valence-electron chi connectivity index (χ4n) is 5.92. The molecule has 0 spiro atoms. The number of halogens is 3. The summed E-state index contributed by atoms with van der Waals surface area (Å²) >= 11 is 0. The van der Waals surface area contributed by atoms with Gasteiger partial charge < -0.3 is 16.2 Å². The first-order valence-electron chi connectivity index (χ1n) is 13.5. The Balaban J connectivity index is 1.39. The number of carbonyl (C=O) groups excluding carboxylic acids is 1. The van der Waals surface area contributed by atoms with Crippen molar-refractivity contribution in [2.75, 3.05) is 16.8 Å². The number of nitrogens with two attached hydrogens (primary N) is 1. The fourth-order valence-corrected chi connectivity index (χ4v) is 7.45. The second-order valence-electron chi connectivity index (χ2n) is 11.1. The molecule has 3 heterocycles. The zero-order chi connectivity index (χ0) is 29.5. The van der Waals surface area contributed by atoms with Gasteiger partial charge in [-0.25, -0.2) is 18.2 Å². The van der Waals surface area contributed by atoms with E-state index in [0.717, 1.165) is 29.8 Å². The van der Waals surface area contributed by atoms with E-state index in [1.165, 1.54) is 6.20 Å². The molecule has 220 valence electrons. The molecule has 4 atom stereocenters. The normalized spacial score (nSPS) is 25.5. The maximum absolute atomic E-state index is 15.2. The van der Waals surface area contributed by atoms with Gasteiger partial charge in [0.25, 0.3) is 5.91 Å². The molecule has 0 unspecified atom stereocenters. The van der Waals surface area contributed by atoms with E-state index in [1.807, 2.05) is 6.92 Å². The third kappa shape index (κ3) is 6.26. The topological polar surface area (TPSA) is 142 Å². The Morgan fingerprint density at radius 2 is 1.71 bits per heavy atom. The Kier molecular flexibility index (Phi) is 8.40. The molecule has 2 aromatic heterocycles. The van der Waals surface area contributed by atoms with Gasteiger partial charge in [0.05, 0.1) is 23.6 Å². The van der Waals surface area contributed by atoms with E-state index in [-0.39, 0.29) is 35.0 Å². The third-order valence-electron chi connectivity index (χ3n) is 8.22. The lowest BCUT2D eigenvalue weighted by Crippen LogP contribution is -2.44. The van der Waals surface area contributed by atoms with Crippen LogP contribution in [0.1, 0.15) is 66.1 Å². The standard InChI is InChI=1S/C29H33F3N4O4S/c1-15-10-18(13-23(33)28(15)37)19-4-7-34-14-25(19)36-29(38)24-3-2-20(30)27(35-24)26-21(31)11-17(12-22(26)32)16-5-8-41(39,40)9-6-16/h2-4,7,11-12,14-16,18,23,28,37,39-40H,5-6,8-10,13,33H2,1H3,(H,36,38)/t15-,18+,23+,28-/m0/s1. The lowest BCUT2D eigenvalue weighted by molar-refractivity contribution is 0.0521. The number of aromatic nitrogens is 2. The van der Waals surface area contributed by atoms with Gasteiger partial charge in [0.2, 0.25) is 0 Å². The Hall–Kier alpha value is -3.03. The molecule has 3 aromatic rings. The summed E-state index contributed by atoms with van der Waals surface area (Å²) in [6.45, 7) is 1.91. The highest BCUT2D eigenvalue weighted by Gasteiger charge is 2.34. The van der Waals surface area contributed by atoms with Crippen molar-refractivity contribution >= 4 is 22.2 Å². The number of aliphatic hydroxyl groups excluding tert-OH is 1. The van der Waals surface area contributed by atoms with Crippen LogP contribution in [0.3, 0.4) is 0 Å². The predicted octanol–water partition coefficient (Wildman–Crippen LogP) is 5.64. The van der Waals surface area contributed by atoms with E-state index < -0.39 is 57.4 Å². The number of amides is 1. The van der Waals surface area contributed by atoms with Crippen molar-refractivity contribution in [3.8, 4) is 11.3 Å². The molecule has 0 bridgehead atoms. The van der Waals surface area contributed by atoms with Gasteiger partial charge in [-0.15, -0.1) is 0 Å². The van der Waals surface area contributed by atoms with Crippen LogP contribution in [0.15, 0.2) is 42.7 Å². The molecule has 1 saturated carbocycles. The van der Waals surface area contributed by atoms with Crippen LogP contribution in [0.25, 0.3) is 11.3 Å². The third-order valence-corrected chi connectivity index (χ3v) is 9.99. The lowest BCUT2D eigenvalue weighted by atomic mass is 9.74. The first-order chi connectivity index (χ1) is 19.4. The molecule has 1 saturated heterocycles. The number of hydrogen-bond donors (Lipinski definition) is 5. The van der Waals surface area contributed by atoms with E-state index in [0.29, 0.717) is 36.9 Å². The fraction of sp³-hybridized carbons (Fsp3) is 0.414. The van der Waals surface area contributed by atoms with Gasteiger partial charge in [0, 0.05) is 23.7 Å². The molecule has 2 fully saturated rings. The Morgan fingerprint density at radius 1 is 1.02 bits per heavy atom. The van der Waals surface area contributed by atoms with E-state index >= 15 is 8.78 Å². The maximum atomic E-state index is 15.2. The zero-order valence-corrected chi connectivity index (χ0v) is 23.3. The van der Waals surface area contributed by atoms with Crippen LogP contribution >= 0.6 is 10.6 Å². The molecule has 1 aromatic carbocycles. The summed E-state index contributed by atoms with van der Waals surface area (Å²) in [5, 5.41) is 13.0. The number of pyridine rings is 2. The smallest absolute Gasteiger partial charge is 0.274 e. The molecule has 6 N–H and O–H groups in total. The first kappa shape index (κ1) is 29.5. The molecule has 0 radical (unpaired) electrons. The number of carbonyl (C=O) groups is 1. The average Bonchev–Trinajstić information content (AvgIpc) is 2.92. The van der Waals surface area contributed by atoms with Crippen molar-refractivity contribution in [2.45, 2.75) is 56.6 Å². The number of rotatable bonds is 5. The van der Waals surface area contributed by atoms with E-state index in [2.05, 4.69) is 15.3 Å². The second kappa shape index (κ2) is 11.7. The number of nitrogens with one attached hydrogen (secondary N) is 1. The minimum Gasteiger partial charge on any atom is -0.391 e. The molecule has 41 heavy (non-hydrogen) atoms. The molecule has 8 nitrogen and oxygen atoms in total. The highest BCUT2D eigenvalue weighted by atomic mass is 32.3. The van der Waals surface area contributed by atoms with Gasteiger partial charge in [0.1, 0.15) is 28.8 Å². The first-order valence-corrected chi connectivity index (χ1v) is 15.4. The largest absolute Gasteiger partial charge is 0.391 e. The minimum absolute atomic E-state index is 0.0445. The summed E-state index contributed by atoms with van der Waals surface area (Å²) in [4.78, 5) is 21.3. The molecule has 2 aliphatic rings. The summed E-state index contributed by atoms with van der Waals surface area (Å²) in [6, 6.07) is 5.63. The number of hydrogen-bond acceptors (Lipinski definition) is 7. The van der Waals surface area contributed by atoms with Crippen LogP contribution in [0.2, 0.25) is 0 Å². The monoisotopic (exact) mass is 590 g/mol. The van der Waals surface area contributed by atoms with Crippen molar-refractivity contribution in [1.29, 1.82) is 0 Å². The van der Waals surface area contributed by atoms with E-state index in [1.54, 1.807) is 12.3 Å². The summed E-state index contributed by atoms with van der Waals surface area (Å²) in [6.07, 6.45) is 4.34. The molecule has 5 rings (SSSR count). The molecule has 12 heteroatoms. The van der Waals surface area contributed by atoms with Crippen LogP contribution in [0, 0.1) is 23.4 Å². The Bertz CT molecular complexity index is 1410. The summed E-state index contributed by atoms with van der Waals surface area (Å²) < 4.78 is 65.0. The van der Waals surface area contributed by atoms with E-state index in [9.17, 15) is 23.4 Å². The van der Waals surface area contributed by atoms with Crippen LogP contribution < -0.4 is 11.1 Å². The van der Waals surface area contributed by atoms with Crippen molar-refractivity contribution < 1.29 is 32.2 Å². The van der Waals surface area contributed by atoms with Crippen LogP contribution in [-0.2, 0) is 0 Å².